The van der Waals surface area contributed by atoms with Crippen LogP contribution < -0.4 is 4.74 Å². The molecule has 0 fully saturated rings. The van der Waals surface area contributed by atoms with E-state index in [1.165, 1.54) is 12.1 Å². The van der Waals surface area contributed by atoms with Gasteiger partial charge in [-0.1, -0.05) is 18.2 Å². The minimum absolute atomic E-state index is 0.0144. The van der Waals surface area contributed by atoms with Crippen molar-refractivity contribution in [3.05, 3.63) is 41.2 Å². The van der Waals surface area contributed by atoms with Crippen molar-refractivity contribution in [3.8, 4) is 5.75 Å². The zero-order valence-electron chi connectivity index (χ0n) is 7.67. The van der Waals surface area contributed by atoms with E-state index in [-0.39, 0.29) is 23.0 Å². The molecular weight excluding hydrogens is 223 g/mol. The molecule has 1 N–H and O–H groups in total. The highest BCUT2D eigenvalue weighted by molar-refractivity contribution is 6.30. The summed E-state index contributed by atoms with van der Waals surface area (Å²) in [5.41, 5.74) is -0.106. The van der Waals surface area contributed by atoms with Gasteiger partial charge in [-0.3, -0.25) is 0 Å². The largest absolute Gasteiger partial charge is 0.489 e. The van der Waals surface area contributed by atoms with Crippen LogP contribution >= 0.6 is 11.6 Å². The van der Waals surface area contributed by atoms with Crippen molar-refractivity contribution in [2.24, 2.45) is 0 Å². The second-order valence-corrected chi connectivity index (χ2v) is 3.18. The first-order chi connectivity index (χ1) is 7.00. The zero-order valence-corrected chi connectivity index (χ0v) is 8.42. The molecule has 3 nitrogen and oxygen atoms in total. The highest BCUT2D eigenvalue weighted by Crippen LogP contribution is 2.20. The predicted molar refractivity (Wildman–Crippen MR) is 53.7 cm³/mol. The van der Waals surface area contributed by atoms with E-state index in [0.29, 0.717) is 0 Å². The maximum atomic E-state index is 12.9. The number of carboxylic acid groups (broad SMARTS) is 1. The average Bonchev–Trinajstić information content (AvgIpc) is 2.19. The number of carbonyl (C=O) groups is 1. The van der Waals surface area contributed by atoms with Gasteiger partial charge in [-0.15, -0.1) is 0 Å². The van der Waals surface area contributed by atoms with Crippen molar-refractivity contribution in [3.63, 3.8) is 0 Å². The van der Waals surface area contributed by atoms with Gasteiger partial charge in [0.15, 0.2) is 0 Å². The second kappa shape index (κ2) is 4.79. The highest BCUT2D eigenvalue weighted by Gasteiger charge is 2.06. The topological polar surface area (TPSA) is 46.5 Å². The van der Waals surface area contributed by atoms with E-state index < -0.39 is 11.8 Å². The van der Waals surface area contributed by atoms with Gasteiger partial charge in [0.2, 0.25) is 0 Å². The normalized spacial score (nSPS) is 9.73. The van der Waals surface area contributed by atoms with Gasteiger partial charge in [-0.2, -0.15) is 0 Å². The Bertz CT molecular complexity index is 404. The van der Waals surface area contributed by atoms with Gasteiger partial charge in [0.25, 0.3) is 0 Å². The summed E-state index contributed by atoms with van der Waals surface area (Å²) >= 11 is 5.45. The Kier molecular flexibility index (Phi) is 3.68. The fourth-order valence-electron chi connectivity index (χ4n) is 0.799. The molecule has 1 aromatic rings. The van der Waals surface area contributed by atoms with Crippen LogP contribution in [0.2, 0.25) is 5.02 Å². The summed E-state index contributed by atoms with van der Waals surface area (Å²) in [6.07, 6.45) is 0. The van der Waals surface area contributed by atoms with Gasteiger partial charge in [0, 0.05) is 6.07 Å². The van der Waals surface area contributed by atoms with Crippen LogP contribution in [0, 0.1) is 5.82 Å². The fourth-order valence-corrected chi connectivity index (χ4v) is 0.916. The smallest absolute Gasteiger partial charge is 0.334 e. The molecule has 80 valence electrons. The van der Waals surface area contributed by atoms with Crippen LogP contribution in [-0.4, -0.2) is 17.7 Å². The molecule has 0 saturated carbocycles. The quantitative estimate of drug-likeness (QED) is 0.809. The summed E-state index contributed by atoms with van der Waals surface area (Å²) in [7, 11) is 0. The molecule has 15 heavy (non-hydrogen) atoms. The van der Waals surface area contributed by atoms with Gasteiger partial charge in [-0.25, -0.2) is 9.18 Å². The van der Waals surface area contributed by atoms with E-state index in [1.807, 2.05) is 0 Å². The van der Waals surface area contributed by atoms with Crippen LogP contribution in [-0.2, 0) is 4.79 Å². The molecule has 1 aromatic carbocycles. The van der Waals surface area contributed by atoms with Crippen LogP contribution in [0.25, 0.3) is 0 Å². The molecule has 1 rings (SSSR count). The maximum Gasteiger partial charge on any atom is 0.334 e. The Hall–Kier alpha value is -1.55. The summed E-state index contributed by atoms with van der Waals surface area (Å²) in [6, 6.07) is 3.85. The van der Waals surface area contributed by atoms with E-state index in [4.69, 9.17) is 21.4 Å². The summed E-state index contributed by atoms with van der Waals surface area (Å²) < 4.78 is 17.9. The molecule has 0 aromatic heterocycles. The van der Waals surface area contributed by atoms with E-state index in [9.17, 15) is 9.18 Å². The first-order valence-electron chi connectivity index (χ1n) is 3.99. The summed E-state index contributed by atoms with van der Waals surface area (Å²) in [5.74, 6) is -1.56. The average molecular weight is 231 g/mol. The number of hydrogen-bond acceptors (Lipinski definition) is 2. The monoisotopic (exact) mass is 230 g/mol. The standard InChI is InChI=1S/C10H8ClFO3/c1-6(10(13)14)5-15-7-2-3-8(11)9(12)4-7/h2-4H,1,5H2,(H,13,14). The van der Waals surface area contributed by atoms with Crippen molar-refractivity contribution in [1.82, 2.24) is 0 Å². The minimum Gasteiger partial charge on any atom is -0.489 e. The third-order valence-corrected chi connectivity index (χ3v) is 1.91. The van der Waals surface area contributed by atoms with Gasteiger partial charge in [0.05, 0.1) is 10.6 Å². The lowest BCUT2D eigenvalue weighted by Crippen LogP contribution is -2.08. The first kappa shape index (κ1) is 11.5. The lowest BCUT2D eigenvalue weighted by Gasteiger charge is -2.05. The Morgan fingerprint density at radius 3 is 2.80 bits per heavy atom. The molecule has 0 aliphatic rings. The number of benzene rings is 1. The number of carboxylic acids is 1. The van der Waals surface area contributed by atoms with Crippen molar-refractivity contribution < 1.29 is 19.0 Å². The molecule has 0 saturated heterocycles. The van der Waals surface area contributed by atoms with Gasteiger partial charge in [0.1, 0.15) is 18.2 Å². The summed E-state index contributed by atoms with van der Waals surface area (Å²) in [5, 5.41) is 8.47. The molecule has 0 amide bonds. The molecule has 0 aliphatic heterocycles. The van der Waals surface area contributed by atoms with Crippen LogP contribution in [0.15, 0.2) is 30.4 Å². The number of aliphatic carboxylic acids is 1. The number of ether oxygens (including phenoxy) is 1. The third-order valence-electron chi connectivity index (χ3n) is 1.61. The Labute approximate surface area is 90.7 Å². The maximum absolute atomic E-state index is 12.9. The van der Waals surface area contributed by atoms with Crippen LogP contribution in [0.1, 0.15) is 0 Å². The Balaban J connectivity index is 2.62. The molecular formula is C10H8ClFO3. The molecule has 0 heterocycles. The molecule has 0 bridgehead atoms. The van der Waals surface area contributed by atoms with Crippen molar-refractivity contribution in [2.75, 3.05) is 6.61 Å². The lowest BCUT2D eigenvalue weighted by molar-refractivity contribution is -0.133. The third kappa shape index (κ3) is 3.25. The number of rotatable bonds is 4. The van der Waals surface area contributed by atoms with Crippen LogP contribution in [0.4, 0.5) is 4.39 Å². The van der Waals surface area contributed by atoms with Crippen LogP contribution in [0.3, 0.4) is 0 Å². The van der Waals surface area contributed by atoms with E-state index >= 15 is 0 Å². The molecule has 0 atom stereocenters. The molecule has 0 aliphatic carbocycles. The molecule has 0 spiro atoms. The summed E-state index contributed by atoms with van der Waals surface area (Å²) in [4.78, 5) is 10.4. The fraction of sp³-hybridized carbons (Fsp3) is 0.100. The predicted octanol–water partition coefficient (Wildman–Crippen LogP) is 2.50. The van der Waals surface area contributed by atoms with Crippen LogP contribution in [0.5, 0.6) is 5.75 Å². The molecule has 0 unspecified atom stereocenters. The SMILES string of the molecule is C=C(COc1ccc(Cl)c(F)c1)C(=O)O. The minimum atomic E-state index is -1.15. The summed E-state index contributed by atoms with van der Waals surface area (Å²) in [6.45, 7) is 3.07. The van der Waals surface area contributed by atoms with E-state index in [2.05, 4.69) is 6.58 Å². The Morgan fingerprint density at radius 2 is 2.27 bits per heavy atom. The zero-order chi connectivity index (χ0) is 11.4. The highest BCUT2D eigenvalue weighted by atomic mass is 35.5. The van der Waals surface area contributed by atoms with Gasteiger partial charge >= 0.3 is 5.97 Å². The molecule has 0 radical (unpaired) electrons. The van der Waals surface area contributed by atoms with Crippen molar-refractivity contribution >= 4 is 17.6 Å². The van der Waals surface area contributed by atoms with E-state index in [1.54, 1.807) is 0 Å². The van der Waals surface area contributed by atoms with Gasteiger partial charge in [-0.05, 0) is 12.1 Å². The number of halogens is 2. The van der Waals surface area contributed by atoms with Gasteiger partial charge < -0.3 is 9.84 Å². The lowest BCUT2D eigenvalue weighted by atomic mass is 10.3. The first-order valence-corrected chi connectivity index (χ1v) is 4.37. The second-order valence-electron chi connectivity index (χ2n) is 2.77. The van der Waals surface area contributed by atoms with E-state index in [0.717, 1.165) is 6.07 Å². The number of hydrogen-bond donors (Lipinski definition) is 1. The Morgan fingerprint density at radius 1 is 1.60 bits per heavy atom. The van der Waals surface area contributed by atoms with Crippen molar-refractivity contribution in [2.45, 2.75) is 0 Å². The van der Waals surface area contributed by atoms with Crippen molar-refractivity contribution in [1.29, 1.82) is 0 Å². The molecule has 5 heteroatoms.